The largest absolute Gasteiger partial charge is 0.337 e. The van der Waals surface area contributed by atoms with Crippen LogP contribution in [-0.4, -0.2) is 6.04 Å². The lowest BCUT2D eigenvalue weighted by molar-refractivity contribution is 0.642. The van der Waals surface area contributed by atoms with E-state index in [1.165, 1.54) is 11.3 Å². The second kappa shape index (κ2) is 4.73. The van der Waals surface area contributed by atoms with E-state index >= 15 is 0 Å². The van der Waals surface area contributed by atoms with Crippen molar-refractivity contribution >= 4 is 34.6 Å². The molecule has 0 bridgehead atoms. The molecule has 1 nitrogen and oxygen atoms in total. The summed E-state index contributed by atoms with van der Waals surface area (Å²) in [4.78, 5) is 2.29. The number of fused-ring (bicyclic) bond motifs is 1. The Kier molecular flexibility index (Phi) is 3.20. The molecule has 1 aliphatic heterocycles. The normalized spacial score (nSPS) is 21.6. The Morgan fingerprint density at radius 3 is 2.37 bits per heavy atom. The molecular formula is C16H15Cl2N. The SMILES string of the molecule is CC1c2ccccc2N(c2cccc(Cl)c2Cl)C1C. The maximum Gasteiger partial charge on any atom is 0.0829 e. The fourth-order valence-corrected chi connectivity index (χ4v) is 3.21. The van der Waals surface area contributed by atoms with Gasteiger partial charge in [-0.15, -0.1) is 0 Å². The molecule has 0 aliphatic carbocycles. The average molecular weight is 292 g/mol. The van der Waals surface area contributed by atoms with Crippen molar-refractivity contribution in [3.8, 4) is 0 Å². The number of benzene rings is 2. The summed E-state index contributed by atoms with van der Waals surface area (Å²) < 4.78 is 0. The predicted molar refractivity (Wildman–Crippen MR) is 82.9 cm³/mol. The Hall–Kier alpha value is -1.18. The zero-order valence-electron chi connectivity index (χ0n) is 10.9. The van der Waals surface area contributed by atoms with Gasteiger partial charge in [0.2, 0.25) is 0 Å². The van der Waals surface area contributed by atoms with E-state index in [9.17, 15) is 0 Å². The van der Waals surface area contributed by atoms with E-state index < -0.39 is 0 Å². The molecule has 0 saturated heterocycles. The second-order valence-corrected chi connectivity index (χ2v) is 5.82. The maximum absolute atomic E-state index is 6.38. The lowest BCUT2D eigenvalue weighted by atomic mass is 9.98. The summed E-state index contributed by atoms with van der Waals surface area (Å²) in [5.74, 6) is 0.478. The third-order valence-corrected chi connectivity index (χ3v) is 4.82. The fourth-order valence-electron chi connectivity index (χ4n) is 2.82. The Balaban J connectivity index is 2.18. The Labute approximate surface area is 123 Å². The van der Waals surface area contributed by atoms with E-state index in [1.54, 1.807) is 0 Å². The number of para-hydroxylation sites is 1. The van der Waals surface area contributed by atoms with E-state index in [2.05, 4.69) is 43.0 Å². The molecule has 2 aromatic rings. The lowest BCUT2D eigenvalue weighted by Crippen LogP contribution is -2.26. The first-order valence-electron chi connectivity index (χ1n) is 6.43. The summed E-state index contributed by atoms with van der Waals surface area (Å²) in [5.41, 5.74) is 3.58. The van der Waals surface area contributed by atoms with Gasteiger partial charge >= 0.3 is 0 Å². The van der Waals surface area contributed by atoms with Gasteiger partial charge < -0.3 is 4.90 Å². The van der Waals surface area contributed by atoms with E-state index in [-0.39, 0.29) is 0 Å². The first-order valence-corrected chi connectivity index (χ1v) is 7.19. The van der Waals surface area contributed by atoms with Crippen LogP contribution in [-0.2, 0) is 0 Å². The number of halogens is 2. The number of rotatable bonds is 1. The Morgan fingerprint density at radius 1 is 0.895 bits per heavy atom. The van der Waals surface area contributed by atoms with Crippen molar-refractivity contribution in [2.75, 3.05) is 4.90 Å². The van der Waals surface area contributed by atoms with Crippen molar-refractivity contribution in [1.82, 2.24) is 0 Å². The highest BCUT2D eigenvalue weighted by Crippen LogP contribution is 2.47. The van der Waals surface area contributed by atoms with Crippen LogP contribution in [0, 0.1) is 0 Å². The van der Waals surface area contributed by atoms with Gasteiger partial charge in [0.25, 0.3) is 0 Å². The zero-order chi connectivity index (χ0) is 13.6. The molecule has 0 aromatic heterocycles. The number of nitrogens with zero attached hydrogens (tertiary/aromatic N) is 1. The highest BCUT2D eigenvalue weighted by molar-refractivity contribution is 6.43. The first kappa shape index (κ1) is 12.8. The summed E-state index contributed by atoms with van der Waals surface area (Å²) in [6.45, 7) is 4.48. The van der Waals surface area contributed by atoms with Gasteiger partial charge in [-0.3, -0.25) is 0 Å². The van der Waals surface area contributed by atoms with Crippen molar-refractivity contribution in [1.29, 1.82) is 0 Å². The van der Waals surface area contributed by atoms with Gasteiger partial charge in [0.1, 0.15) is 0 Å². The maximum atomic E-state index is 6.38. The average Bonchev–Trinajstić information content (AvgIpc) is 2.67. The van der Waals surface area contributed by atoms with Crippen LogP contribution >= 0.6 is 23.2 Å². The summed E-state index contributed by atoms with van der Waals surface area (Å²) in [5, 5.41) is 1.23. The standard InChI is InChI=1S/C16H15Cl2N/c1-10-11(2)19(14-8-4-3-6-12(10)14)15-9-5-7-13(17)16(15)18/h3-11H,1-2H3. The smallest absolute Gasteiger partial charge is 0.0829 e. The Bertz CT molecular complexity index is 624. The number of hydrogen-bond donors (Lipinski definition) is 0. The second-order valence-electron chi connectivity index (χ2n) is 5.03. The molecule has 0 spiro atoms. The molecule has 0 amide bonds. The number of hydrogen-bond acceptors (Lipinski definition) is 1. The molecule has 2 aromatic carbocycles. The summed E-state index contributed by atoms with van der Waals surface area (Å²) in [6.07, 6.45) is 0. The molecule has 0 radical (unpaired) electrons. The van der Waals surface area contributed by atoms with Crippen molar-refractivity contribution in [3.63, 3.8) is 0 Å². The molecule has 19 heavy (non-hydrogen) atoms. The number of anilines is 2. The van der Waals surface area contributed by atoms with Gasteiger partial charge in [0.15, 0.2) is 0 Å². The van der Waals surface area contributed by atoms with Gasteiger partial charge in [0, 0.05) is 17.6 Å². The third kappa shape index (κ3) is 1.92. The van der Waals surface area contributed by atoms with Crippen LogP contribution in [0.15, 0.2) is 42.5 Å². The van der Waals surface area contributed by atoms with Crippen molar-refractivity contribution in [2.45, 2.75) is 25.8 Å². The zero-order valence-corrected chi connectivity index (χ0v) is 12.4. The molecule has 1 aliphatic rings. The molecule has 0 N–H and O–H groups in total. The highest BCUT2D eigenvalue weighted by Gasteiger charge is 2.34. The van der Waals surface area contributed by atoms with Crippen LogP contribution in [0.2, 0.25) is 10.0 Å². The van der Waals surface area contributed by atoms with Crippen LogP contribution in [0.3, 0.4) is 0 Å². The summed E-state index contributed by atoms with van der Waals surface area (Å²) >= 11 is 12.5. The fraction of sp³-hybridized carbons (Fsp3) is 0.250. The molecule has 1 heterocycles. The van der Waals surface area contributed by atoms with Gasteiger partial charge in [-0.1, -0.05) is 54.4 Å². The van der Waals surface area contributed by atoms with E-state index in [4.69, 9.17) is 23.2 Å². The minimum absolute atomic E-state index is 0.369. The minimum Gasteiger partial charge on any atom is -0.337 e. The van der Waals surface area contributed by atoms with Crippen LogP contribution in [0.25, 0.3) is 0 Å². The highest BCUT2D eigenvalue weighted by atomic mass is 35.5. The summed E-state index contributed by atoms with van der Waals surface area (Å²) in [7, 11) is 0. The molecule has 3 heteroatoms. The van der Waals surface area contributed by atoms with E-state index in [0.717, 1.165) is 5.69 Å². The molecule has 0 fully saturated rings. The first-order chi connectivity index (χ1) is 9.11. The lowest BCUT2D eigenvalue weighted by Gasteiger charge is -2.27. The topological polar surface area (TPSA) is 3.24 Å². The predicted octanol–water partition coefficient (Wildman–Crippen LogP) is 5.64. The van der Waals surface area contributed by atoms with Gasteiger partial charge in [-0.25, -0.2) is 0 Å². The quantitative estimate of drug-likeness (QED) is 0.657. The van der Waals surface area contributed by atoms with Crippen LogP contribution in [0.4, 0.5) is 11.4 Å². The van der Waals surface area contributed by atoms with Gasteiger partial charge in [0.05, 0.1) is 15.7 Å². The molecule has 0 saturated carbocycles. The van der Waals surface area contributed by atoms with Crippen molar-refractivity contribution in [3.05, 3.63) is 58.1 Å². The third-order valence-electron chi connectivity index (χ3n) is 4.01. The molecule has 98 valence electrons. The Morgan fingerprint density at radius 2 is 1.58 bits per heavy atom. The monoisotopic (exact) mass is 291 g/mol. The van der Waals surface area contributed by atoms with Crippen LogP contribution in [0.1, 0.15) is 25.3 Å². The molecule has 3 rings (SSSR count). The minimum atomic E-state index is 0.369. The summed E-state index contributed by atoms with van der Waals surface area (Å²) in [6, 6.07) is 14.7. The van der Waals surface area contributed by atoms with Crippen LogP contribution in [0.5, 0.6) is 0 Å². The van der Waals surface area contributed by atoms with E-state index in [0.29, 0.717) is 22.0 Å². The van der Waals surface area contributed by atoms with Gasteiger partial charge in [-0.2, -0.15) is 0 Å². The van der Waals surface area contributed by atoms with Crippen molar-refractivity contribution in [2.24, 2.45) is 0 Å². The van der Waals surface area contributed by atoms with Gasteiger partial charge in [-0.05, 0) is 30.7 Å². The van der Waals surface area contributed by atoms with Crippen LogP contribution < -0.4 is 4.90 Å². The van der Waals surface area contributed by atoms with E-state index in [1.807, 2.05) is 18.2 Å². The molecule has 2 atom stereocenters. The molecular weight excluding hydrogens is 277 g/mol. The van der Waals surface area contributed by atoms with Crippen molar-refractivity contribution < 1.29 is 0 Å². The molecule has 2 unspecified atom stereocenters.